The summed E-state index contributed by atoms with van der Waals surface area (Å²) in [5, 5.41) is 20.0. The number of hydrogen-bond donors (Lipinski definition) is 2. The average Bonchev–Trinajstić information content (AvgIpc) is 3.10. The van der Waals surface area contributed by atoms with E-state index in [1.807, 2.05) is 0 Å². The average molecular weight is 386 g/mol. The van der Waals surface area contributed by atoms with Gasteiger partial charge in [0.1, 0.15) is 11.3 Å². The second-order valence-corrected chi connectivity index (χ2v) is 7.68. The van der Waals surface area contributed by atoms with Gasteiger partial charge >= 0.3 is 5.97 Å². The van der Waals surface area contributed by atoms with E-state index < -0.39 is 32.9 Å². The van der Waals surface area contributed by atoms with Crippen molar-refractivity contribution in [3.05, 3.63) is 71.7 Å². The number of carbonyl (C=O) groups is 2. The number of benzene rings is 2. The lowest BCUT2D eigenvalue weighted by Crippen LogP contribution is -2.10. The van der Waals surface area contributed by atoms with E-state index >= 15 is 0 Å². The zero-order valence-corrected chi connectivity index (χ0v) is 14.6. The number of aldehydes is 1. The summed E-state index contributed by atoms with van der Waals surface area (Å²) in [4.78, 5) is 22.8. The summed E-state index contributed by atoms with van der Waals surface area (Å²) in [5.41, 5.74) is -0.333. The van der Waals surface area contributed by atoms with Crippen molar-refractivity contribution < 1.29 is 32.6 Å². The predicted octanol–water partition coefficient (Wildman–Crippen LogP) is 3.14. The molecular weight excluding hydrogens is 372 g/mol. The van der Waals surface area contributed by atoms with Crippen LogP contribution in [0.1, 0.15) is 26.5 Å². The lowest BCUT2D eigenvalue weighted by molar-refractivity contribution is 0.0692. The quantitative estimate of drug-likeness (QED) is 0.624. The molecule has 0 aliphatic carbocycles. The molecule has 0 aliphatic rings. The standard InChI is InChI=1S/C19H14O7S/c20-10-16-14(8-9-26-16)15-7-6-12(17(18(15)21)19(22)23)11-27(24,25)13-4-2-1-3-5-13/h1-10,21H,11H2,(H,22,23). The molecule has 7 nitrogen and oxygen atoms in total. The van der Waals surface area contributed by atoms with Crippen LogP contribution in [-0.2, 0) is 15.6 Å². The summed E-state index contributed by atoms with van der Waals surface area (Å²) in [6, 6.07) is 11.7. The molecule has 1 heterocycles. The lowest BCUT2D eigenvalue weighted by atomic mass is 9.98. The largest absolute Gasteiger partial charge is 0.506 e. The molecule has 3 aromatic rings. The number of carbonyl (C=O) groups excluding carboxylic acids is 1. The molecule has 0 unspecified atom stereocenters. The highest BCUT2D eigenvalue weighted by atomic mass is 32.2. The van der Waals surface area contributed by atoms with Crippen LogP contribution in [0.2, 0.25) is 0 Å². The number of hydrogen-bond acceptors (Lipinski definition) is 6. The number of aromatic carboxylic acids is 1. The highest BCUT2D eigenvalue weighted by Gasteiger charge is 2.25. The molecule has 2 N–H and O–H groups in total. The van der Waals surface area contributed by atoms with Crippen LogP contribution in [0.15, 0.2) is 64.1 Å². The van der Waals surface area contributed by atoms with E-state index in [-0.39, 0.29) is 27.3 Å². The molecule has 0 aliphatic heterocycles. The van der Waals surface area contributed by atoms with Crippen LogP contribution in [0.25, 0.3) is 11.1 Å². The lowest BCUT2D eigenvalue weighted by Gasteiger charge is -2.12. The van der Waals surface area contributed by atoms with E-state index in [0.717, 1.165) is 0 Å². The van der Waals surface area contributed by atoms with E-state index in [1.54, 1.807) is 18.2 Å². The molecule has 138 valence electrons. The molecule has 2 aromatic carbocycles. The fourth-order valence-corrected chi connectivity index (χ4v) is 4.15. The Bertz CT molecular complexity index is 1110. The number of phenols is 1. The van der Waals surface area contributed by atoms with Gasteiger partial charge in [-0.2, -0.15) is 0 Å². The maximum atomic E-state index is 12.6. The summed E-state index contributed by atoms with van der Waals surface area (Å²) in [6.45, 7) is 0. The Hall–Kier alpha value is -3.39. The molecule has 3 rings (SSSR count). The molecule has 0 saturated heterocycles. The van der Waals surface area contributed by atoms with Crippen molar-refractivity contribution in [3.63, 3.8) is 0 Å². The first-order valence-corrected chi connectivity index (χ1v) is 9.39. The van der Waals surface area contributed by atoms with Crippen molar-refractivity contribution in [1.82, 2.24) is 0 Å². The van der Waals surface area contributed by atoms with Gasteiger partial charge in [0.15, 0.2) is 21.9 Å². The Morgan fingerprint density at radius 1 is 1.04 bits per heavy atom. The monoisotopic (exact) mass is 386 g/mol. The van der Waals surface area contributed by atoms with E-state index in [2.05, 4.69) is 0 Å². The van der Waals surface area contributed by atoms with Crippen molar-refractivity contribution >= 4 is 22.1 Å². The van der Waals surface area contributed by atoms with Gasteiger partial charge in [0, 0.05) is 11.1 Å². The number of furan rings is 1. The summed E-state index contributed by atoms with van der Waals surface area (Å²) in [7, 11) is -3.81. The number of aromatic hydroxyl groups is 1. The minimum atomic E-state index is -3.81. The number of carboxylic acid groups (broad SMARTS) is 1. The summed E-state index contributed by atoms with van der Waals surface area (Å²) in [6.07, 6.45) is 1.66. The first-order valence-electron chi connectivity index (χ1n) is 7.74. The Kier molecular flexibility index (Phi) is 4.83. The van der Waals surface area contributed by atoms with Gasteiger partial charge in [-0.25, -0.2) is 13.2 Å². The van der Waals surface area contributed by atoms with Crippen LogP contribution >= 0.6 is 0 Å². The first kappa shape index (κ1) is 18.4. The van der Waals surface area contributed by atoms with Crippen molar-refractivity contribution in [3.8, 4) is 16.9 Å². The maximum Gasteiger partial charge on any atom is 0.339 e. The normalized spacial score (nSPS) is 11.3. The fraction of sp³-hybridized carbons (Fsp3) is 0.0526. The highest BCUT2D eigenvalue weighted by molar-refractivity contribution is 7.90. The van der Waals surface area contributed by atoms with Gasteiger partial charge in [-0.1, -0.05) is 30.3 Å². The molecule has 0 bridgehead atoms. The molecule has 0 spiro atoms. The molecule has 0 saturated carbocycles. The van der Waals surface area contributed by atoms with E-state index in [0.29, 0.717) is 6.29 Å². The van der Waals surface area contributed by atoms with Crippen LogP contribution < -0.4 is 0 Å². The van der Waals surface area contributed by atoms with E-state index in [4.69, 9.17) is 4.42 Å². The minimum Gasteiger partial charge on any atom is -0.506 e. The van der Waals surface area contributed by atoms with Gasteiger partial charge < -0.3 is 14.6 Å². The van der Waals surface area contributed by atoms with Crippen molar-refractivity contribution in [2.75, 3.05) is 0 Å². The van der Waals surface area contributed by atoms with Crippen molar-refractivity contribution in [2.45, 2.75) is 10.6 Å². The molecule has 0 amide bonds. The van der Waals surface area contributed by atoms with Crippen molar-refractivity contribution in [2.24, 2.45) is 0 Å². The first-order chi connectivity index (χ1) is 12.8. The van der Waals surface area contributed by atoms with Crippen molar-refractivity contribution in [1.29, 1.82) is 0 Å². The fourth-order valence-electron chi connectivity index (χ4n) is 2.76. The smallest absolute Gasteiger partial charge is 0.339 e. The Morgan fingerprint density at radius 2 is 1.74 bits per heavy atom. The highest BCUT2D eigenvalue weighted by Crippen LogP contribution is 2.37. The van der Waals surface area contributed by atoms with Gasteiger partial charge in [0.2, 0.25) is 0 Å². The van der Waals surface area contributed by atoms with Crippen LogP contribution in [0.4, 0.5) is 0 Å². The zero-order valence-electron chi connectivity index (χ0n) is 13.8. The number of sulfone groups is 1. The summed E-state index contributed by atoms with van der Waals surface area (Å²) >= 11 is 0. The molecule has 8 heteroatoms. The Morgan fingerprint density at radius 3 is 2.37 bits per heavy atom. The molecule has 0 fully saturated rings. The topological polar surface area (TPSA) is 122 Å². The number of carboxylic acids is 1. The molecule has 27 heavy (non-hydrogen) atoms. The molecular formula is C19H14O7S. The second kappa shape index (κ2) is 7.08. The third-order valence-electron chi connectivity index (χ3n) is 4.02. The Balaban J connectivity index is 2.11. The van der Waals surface area contributed by atoms with Gasteiger partial charge in [-0.15, -0.1) is 0 Å². The number of rotatable bonds is 6. The van der Waals surface area contributed by atoms with Gasteiger partial charge in [0.05, 0.1) is 16.9 Å². The molecule has 0 atom stereocenters. The van der Waals surface area contributed by atoms with Gasteiger partial charge in [-0.3, -0.25) is 4.79 Å². The summed E-state index contributed by atoms with van der Waals surface area (Å²) < 4.78 is 30.1. The zero-order chi connectivity index (χ0) is 19.6. The third kappa shape index (κ3) is 3.47. The van der Waals surface area contributed by atoms with E-state index in [1.165, 1.54) is 36.6 Å². The molecule has 0 radical (unpaired) electrons. The Labute approximate surface area is 154 Å². The maximum absolute atomic E-state index is 12.6. The third-order valence-corrected chi connectivity index (χ3v) is 5.70. The van der Waals surface area contributed by atoms with Crippen LogP contribution in [-0.4, -0.2) is 30.9 Å². The predicted molar refractivity (Wildman–Crippen MR) is 95.5 cm³/mol. The van der Waals surface area contributed by atoms with Gasteiger partial charge in [-0.05, 0) is 23.8 Å². The molecule has 1 aromatic heterocycles. The van der Waals surface area contributed by atoms with E-state index in [9.17, 15) is 28.2 Å². The SMILES string of the molecule is O=Cc1occc1-c1ccc(CS(=O)(=O)c2ccccc2)c(C(=O)O)c1O. The summed E-state index contributed by atoms with van der Waals surface area (Å²) in [5.74, 6) is -2.79. The van der Waals surface area contributed by atoms with Crippen LogP contribution in [0.5, 0.6) is 5.75 Å². The minimum absolute atomic E-state index is 0.0444. The van der Waals surface area contributed by atoms with Crippen LogP contribution in [0, 0.1) is 0 Å². The van der Waals surface area contributed by atoms with Gasteiger partial charge in [0.25, 0.3) is 0 Å². The van der Waals surface area contributed by atoms with Crippen LogP contribution in [0.3, 0.4) is 0 Å². The second-order valence-electron chi connectivity index (χ2n) is 5.69.